The Hall–Kier alpha value is -0.540. The molecule has 1 aromatic heterocycles. The molecule has 18 heavy (non-hydrogen) atoms. The molecule has 0 amide bonds. The summed E-state index contributed by atoms with van der Waals surface area (Å²) in [7, 11) is 0. The fourth-order valence-corrected chi connectivity index (χ4v) is 3.42. The van der Waals surface area contributed by atoms with Crippen LogP contribution in [-0.4, -0.2) is 25.2 Å². The predicted octanol–water partition coefficient (Wildman–Crippen LogP) is 3.60. The smallest absolute Gasteiger partial charge is 0.0478 e. The second-order valence-corrected chi connectivity index (χ2v) is 6.63. The maximum atomic E-state index is 3.75. The Morgan fingerprint density at radius 2 is 2.22 bits per heavy atom. The molecule has 2 heterocycles. The number of anilines is 1. The molecule has 1 aliphatic heterocycles. The van der Waals surface area contributed by atoms with Crippen LogP contribution >= 0.6 is 11.3 Å². The number of hydrogen-bond donors (Lipinski definition) is 1. The highest BCUT2D eigenvalue weighted by Gasteiger charge is 2.31. The van der Waals surface area contributed by atoms with Gasteiger partial charge in [0.05, 0.1) is 0 Å². The van der Waals surface area contributed by atoms with Gasteiger partial charge in [-0.25, -0.2) is 0 Å². The van der Waals surface area contributed by atoms with Crippen LogP contribution in [0.15, 0.2) is 16.8 Å². The van der Waals surface area contributed by atoms with E-state index in [0.29, 0.717) is 18.0 Å². The van der Waals surface area contributed by atoms with E-state index in [9.17, 15) is 0 Å². The highest BCUT2D eigenvalue weighted by Crippen LogP contribution is 2.27. The van der Waals surface area contributed by atoms with Crippen LogP contribution < -0.4 is 10.2 Å². The monoisotopic (exact) mass is 266 g/mol. The van der Waals surface area contributed by atoms with Crippen molar-refractivity contribution in [3.05, 3.63) is 16.8 Å². The van der Waals surface area contributed by atoms with Crippen LogP contribution in [0.3, 0.4) is 0 Å². The van der Waals surface area contributed by atoms with E-state index in [1.807, 2.05) is 0 Å². The molecule has 0 bridgehead atoms. The van der Waals surface area contributed by atoms with Gasteiger partial charge in [0, 0.05) is 36.2 Å². The first-order chi connectivity index (χ1) is 8.63. The van der Waals surface area contributed by atoms with Gasteiger partial charge in [-0.05, 0) is 23.3 Å². The van der Waals surface area contributed by atoms with E-state index in [1.54, 1.807) is 11.3 Å². The van der Waals surface area contributed by atoms with Crippen molar-refractivity contribution in [1.82, 2.24) is 5.32 Å². The molecule has 0 aliphatic carbocycles. The predicted molar refractivity (Wildman–Crippen MR) is 81.5 cm³/mol. The number of nitrogens with zero attached hydrogens (tertiary/aromatic N) is 1. The normalized spacial score (nSPS) is 26.6. The van der Waals surface area contributed by atoms with Crippen LogP contribution in [0.5, 0.6) is 0 Å². The third kappa shape index (κ3) is 2.89. The average Bonchev–Trinajstić information content (AvgIpc) is 2.90. The minimum Gasteiger partial charge on any atom is -0.365 e. The largest absolute Gasteiger partial charge is 0.365 e. The summed E-state index contributed by atoms with van der Waals surface area (Å²) >= 11 is 1.80. The van der Waals surface area contributed by atoms with Gasteiger partial charge in [0.1, 0.15) is 0 Å². The van der Waals surface area contributed by atoms with Gasteiger partial charge < -0.3 is 10.2 Å². The summed E-state index contributed by atoms with van der Waals surface area (Å²) in [5, 5.41) is 8.23. The second-order valence-electron chi connectivity index (χ2n) is 5.85. The van der Waals surface area contributed by atoms with E-state index in [4.69, 9.17) is 0 Å². The number of hydrogen-bond acceptors (Lipinski definition) is 3. The van der Waals surface area contributed by atoms with Crippen LogP contribution in [0.4, 0.5) is 5.69 Å². The van der Waals surface area contributed by atoms with Crippen molar-refractivity contribution >= 4 is 17.0 Å². The van der Waals surface area contributed by atoms with Crippen LogP contribution in [0.25, 0.3) is 0 Å². The zero-order valence-electron chi connectivity index (χ0n) is 12.0. The molecule has 0 spiro atoms. The topological polar surface area (TPSA) is 15.3 Å². The van der Waals surface area contributed by atoms with Crippen molar-refractivity contribution in [2.75, 3.05) is 18.0 Å². The lowest BCUT2D eigenvalue weighted by Crippen LogP contribution is -2.60. The zero-order valence-corrected chi connectivity index (χ0v) is 12.8. The van der Waals surface area contributed by atoms with Crippen molar-refractivity contribution in [1.29, 1.82) is 0 Å². The van der Waals surface area contributed by atoms with Gasteiger partial charge in [-0.1, -0.05) is 34.1 Å². The Morgan fingerprint density at radius 3 is 2.78 bits per heavy atom. The number of rotatable bonds is 4. The van der Waals surface area contributed by atoms with E-state index in [0.717, 1.165) is 19.0 Å². The Balaban J connectivity index is 2.14. The second kappa shape index (κ2) is 6.07. The molecular formula is C15H26N2S. The van der Waals surface area contributed by atoms with Gasteiger partial charge in [0.15, 0.2) is 0 Å². The van der Waals surface area contributed by atoms with Crippen LogP contribution in [0.2, 0.25) is 0 Å². The molecule has 2 rings (SSSR count). The van der Waals surface area contributed by atoms with Crippen molar-refractivity contribution < 1.29 is 0 Å². The van der Waals surface area contributed by atoms with Crippen molar-refractivity contribution in [2.24, 2.45) is 11.8 Å². The molecular weight excluding hydrogens is 240 g/mol. The highest BCUT2D eigenvalue weighted by molar-refractivity contribution is 7.08. The molecule has 3 heteroatoms. The minimum atomic E-state index is 0.625. The Bertz CT molecular complexity index is 347. The number of piperazine rings is 1. The van der Waals surface area contributed by atoms with E-state index in [1.165, 1.54) is 12.1 Å². The van der Waals surface area contributed by atoms with E-state index < -0.39 is 0 Å². The van der Waals surface area contributed by atoms with Crippen molar-refractivity contribution in [2.45, 2.75) is 46.2 Å². The first-order valence-electron chi connectivity index (χ1n) is 7.15. The Morgan fingerprint density at radius 1 is 1.44 bits per heavy atom. The molecule has 1 fully saturated rings. The zero-order chi connectivity index (χ0) is 13.1. The van der Waals surface area contributed by atoms with Crippen molar-refractivity contribution in [3.8, 4) is 0 Å². The Labute approximate surface area is 115 Å². The van der Waals surface area contributed by atoms with Crippen molar-refractivity contribution in [3.63, 3.8) is 0 Å². The van der Waals surface area contributed by atoms with Gasteiger partial charge in [-0.3, -0.25) is 0 Å². The maximum Gasteiger partial charge on any atom is 0.0478 e. The molecule has 1 aliphatic rings. The quantitative estimate of drug-likeness (QED) is 0.896. The average molecular weight is 266 g/mol. The summed E-state index contributed by atoms with van der Waals surface area (Å²) in [5.74, 6) is 1.44. The van der Waals surface area contributed by atoms with Gasteiger partial charge in [-0.2, -0.15) is 11.3 Å². The molecule has 3 atom stereocenters. The van der Waals surface area contributed by atoms with Gasteiger partial charge >= 0.3 is 0 Å². The molecule has 3 unspecified atom stereocenters. The lowest BCUT2D eigenvalue weighted by Gasteiger charge is -2.45. The summed E-state index contributed by atoms with van der Waals surface area (Å²) < 4.78 is 0. The molecule has 0 saturated carbocycles. The highest BCUT2D eigenvalue weighted by atomic mass is 32.1. The molecule has 1 N–H and O–H groups in total. The Kier molecular flexibility index (Phi) is 4.68. The van der Waals surface area contributed by atoms with Gasteiger partial charge in [0.2, 0.25) is 0 Å². The fraction of sp³-hybridized carbons (Fsp3) is 0.733. The summed E-state index contributed by atoms with van der Waals surface area (Å²) in [4.78, 5) is 2.62. The summed E-state index contributed by atoms with van der Waals surface area (Å²) in [5.41, 5.74) is 1.41. The van der Waals surface area contributed by atoms with Crippen LogP contribution in [-0.2, 0) is 0 Å². The molecule has 1 aromatic rings. The van der Waals surface area contributed by atoms with E-state index in [2.05, 4.69) is 54.7 Å². The molecule has 2 nitrogen and oxygen atoms in total. The van der Waals surface area contributed by atoms with Gasteiger partial charge in [-0.15, -0.1) is 0 Å². The lowest BCUT2D eigenvalue weighted by atomic mass is 9.92. The van der Waals surface area contributed by atoms with Crippen LogP contribution in [0, 0.1) is 11.8 Å². The molecule has 0 aromatic carbocycles. The third-order valence-electron chi connectivity index (χ3n) is 4.32. The number of thiophene rings is 1. The minimum absolute atomic E-state index is 0.625. The third-order valence-corrected chi connectivity index (χ3v) is 4.99. The maximum absolute atomic E-state index is 3.75. The lowest BCUT2D eigenvalue weighted by molar-refractivity contribution is 0.281. The first-order valence-corrected chi connectivity index (χ1v) is 8.10. The van der Waals surface area contributed by atoms with E-state index >= 15 is 0 Å². The molecule has 0 radical (unpaired) electrons. The molecule has 1 saturated heterocycles. The summed E-state index contributed by atoms with van der Waals surface area (Å²) in [6.45, 7) is 11.6. The number of nitrogens with one attached hydrogen (secondary N) is 1. The SMILES string of the molecule is CCC(C)C1CN(c2ccsc2)C(C(C)C)CN1. The summed E-state index contributed by atoms with van der Waals surface area (Å²) in [6, 6.07) is 3.52. The van der Waals surface area contributed by atoms with E-state index in [-0.39, 0.29) is 0 Å². The first kappa shape index (κ1) is 13.9. The fourth-order valence-electron chi connectivity index (χ4n) is 2.77. The van der Waals surface area contributed by atoms with Gasteiger partial charge in [0.25, 0.3) is 0 Å². The summed E-state index contributed by atoms with van der Waals surface area (Å²) in [6.07, 6.45) is 1.25. The van der Waals surface area contributed by atoms with Crippen LogP contribution in [0.1, 0.15) is 34.1 Å². The standard InChI is InChI=1S/C15H26N2S/c1-5-12(4)14-9-17(13-6-7-18-10-13)15(8-16-14)11(2)3/h6-7,10-12,14-16H,5,8-9H2,1-4H3. The molecule has 102 valence electrons.